The molecule has 0 aliphatic heterocycles. The summed E-state index contributed by atoms with van der Waals surface area (Å²) in [5.74, 6) is 1.90. The van der Waals surface area contributed by atoms with Crippen molar-refractivity contribution in [1.29, 1.82) is 0 Å². The molecule has 0 unspecified atom stereocenters. The number of hydrogen-bond acceptors (Lipinski definition) is 2. The van der Waals surface area contributed by atoms with Crippen LogP contribution in [-0.4, -0.2) is 0 Å². The maximum Gasteiger partial charge on any atom is 0.134 e. The molecule has 0 N–H and O–H groups in total. The average molecular weight is 266 g/mol. The summed E-state index contributed by atoms with van der Waals surface area (Å²) in [5, 5.41) is 1.14. The topological polar surface area (TPSA) is 22.4 Å². The molecule has 0 bridgehead atoms. The van der Waals surface area contributed by atoms with Crippen LogP contribution < -0.4 is 4.74 Å². The van der Waals surface area contributed by atoms with Gasteiger partial charge < -0.3 is 9.15 Å². The van der Waals surface area contributed by atoms with E-state index in [-0.39, 0.29) is 0 Å². The predicted molar refractivity (Wildman–Crippen MR) is 81.1 cm³/mol. The molecular weight excluding hydrogens is 248 g/mol. The van der Waals surface area contributed by atoms with Crippen LogP contribution in [0.4, 0.5) is 0 Å². The van der Waals surface area contributed by atoms with Crippen LogP contribution >= 0.6 is 0 Å². The first-order chi connectivity index (χ1) is 9.78. The molecule has 3 rings (SSSR count). The highest BCUT2D eigenvalue weighted by Gasteiger charge is 2.07. The van der Waals surface area contributed by atoms with Gasteiger partial charge in [0.25, 0.3) is 0 Å². The van der Waals surface area contributed by atoms with Gasteiger partial charge in [0.2, 0.25) is 0 Å². The zero-order valence-corrected chi connectivity index (χ0v) is 11.8. The molecule has 0 aliphatic rings. The Morgan fingerprint density at radius 3 is 2.65 bits per heavy atom. The normalized spacial score (nSPS) is 10.9. The fourth-order valence-electron chi connectivity index (χ4n) is 2.47. The van der Waals surface area contributed by atoms with E-state index in [0.29, 0.717) is 6.61 Å². The second kappa shape index (κ2) is 5.41. The van der Waals surface area contributed by atoms with Gasteiger partial charge in [0.05, 0.1) is 0 Å². The molecule has 2 heteroatoms. The highest BCUT2D eigenvalue weighted by Crippen LogP contribution is 2.25. The molecule has 0 spiro atoms. The van der Waals surface area contributed by atoms with Crippen LogP contribution in [0.2, 0.25) is 0 Å². The molecule has 2 nitrogen and oxygen atoms in total. The number of fused-ring (bicyclic) bond motifs is 1. The van der Waals surface area contributed by atoms with Crippen LogP contribution in [0.25, 0.3) is 11.0 Å². The minimum atomic E-state index is 0.563. The zero-order chi connectivity index (χ0) is 13.9. The van der Waals surface area contributed by atoms with Crippen molar-refractivity contribution in [2.24, 2.45) is 0 Å². The van der Waals surface area contributed by atoms with Crippen molar-refractivity contribution in [2.45, 2.75) is 26.9 Å². The fraction of sp³-hybridized carbons (Fsp3) is 0.222. The van der Waals surface area contributed by atoms with E-state index in [1.165, 1.54) is 5.56 Å². The molecule has 0 amide bonds. The Balaban J connectivity index is 1.87. The van der Waals surface area contributed by atoms with E-state index in [9.17, 15) is 0 Å². The molecular formula is C18H18O2. The highest BCUT2D eigenvalue weighted by molar-refractivity contribution is 5.81. The Labute approximate surface area is 119 Å². The monoisotopic (exact) mass is 266 g/mol. The van der Waals surface area contributed by atoms with E-state index in [1.54, 1.807) is 0 Å². The van der Waals surface area contributed by atoms with E-state index in [2.05, 4.69) is 25.1 Å². The summed E-state index contributed by atoms with van der Waals surface area (Å²) in [7, 11) is 0. The van der Waals surface area contributed by atoms with Gasteiger partial charge >= 0.3 is 0 Å². The Morgan fingerprint density at radius 2 is 1.80 bits per heavy atom. The van der Waals surface area contributed by atoms with Crippen molar-refractivity contribution < 1.29 is 9.15 Å². The zero-order valence-electron chi connectivity index (χ0n) is 11.8. The molecule has 2 aromatic carbocycles. The first-order valence-corrected chi connectivity index (χ1v) is 6.96. The van der Waals surface area contributed by atoms with Crippen molar-refractivity contribution in [3.8, 4) is 5.75 Å². The van der Waals surface area contributed by atoms with E-state index >= 15 is 0 Å². The second-order valence-corrected chi connectivity index (χ2v) is 4.94. The third-order valence-electron chi connectivity index (χ3n) is 3.51. The molecule has 1 heterocycles. The smallest absolute Gasteiger partial charge is 0.134 e. The van der Waals surface area contributed by atoms with Crippen LogP contribution in [0.1, 0.15) is 23.8 Å². The number of furan rings is 1. The third-order valence-corrected chi connectivity index (χ3v) is 3.51. The van der Waals surface area contributed by atoms with E-state index in [1.807, 2.05) is 37.3 Å². The first kappa shape index (κ1) is 12.8. The van der Waals surface area contributed by atoms with Gasteiger partial charge in [0.1, 0.15) is 23.7 Å². The van der Waals surface area contributed by atoms with Crippen molar-refractivity contribution in [2.75, 3.05) is 0 Å². The van der Waals surface area contributed by atoms with E-state index in [0.717, 1.165) is 34.5 Å². The summed E-state index contributed by atoms with van der Waals surface area (Å²) in [6.45, 7) is 4.67. The number of hydrogen-bond donors (Lipinski definition) is 0. The lowest BCUT2D eigenvalue weighted by atomic mass is 10.1. The standard InChI is InChI=1S/C18H18O2/c1-3-14-7-4-5-9-17(14)19-12-15-8-6-10-18-16(15)11-13(2)20-18/h4-11H,3,12H2,1-2H3. The SMILES string of the molecule is CCc1ccccc1OCc1cccc2oc(C)cc12. The lowest BCUT2D eigenvalue weighted by Gasteiger charge is -2.10. The van der Waals surface area contributed by atoms with Crippen LogP contribution in [-0.2, 0) is 13.0 Å². The van der Waals surface area contributed by atoms with Crippen LogP contribution in [0.15, 0.2) is 52.9 Å². The molecule has 0 aliphatic carbocycles. The molecule has 102 valence electrons. The molecule has 0 atom stereocenters. The summed E-state index contributed by atoms with van der Waals surface area (Å²) in [6.07, 6.45) is 0.977. The van der Waals surface area contributed by atoms with Crippen LogP contribution in [0.3, 0.4) is 0 Å². The molecule has 1 aromatic heterocycles. The quantitative estimate of drug-likeness (QED) is 0.671. The lowest BCUT2D eigenvalue weighted by Crippen LogP contribution is -1.98. The summed E-state index contributed by atoms with van der Waals surface area (Å²) in [4.78, 5) is 0. The molecule has 20 heavy (non-hydrogen) atoms. The highest BCUT2D eigenvalue weighted by atomic mass is 16.5. The average Bonchev–Trinajstić information content (AvgIpc) is 2.86. The van der Waals surface area contributed by atoms with Crippen molar-refractivity contribution >= 4 is 11.0 Å². The maximum absolute atomic E-state index is 5.99. The first-order valence-electron chi connectivity index (χ1n) is 6.96. The van der Waals surface area contributed by atoms with Gasteiger partial charge in [-0.25, -0.2) is 0 Å². The minimum Gasteiger partial charge on any atom is -0.489 e. The third kappa shape index (κ3) is 2.42. The number of benzene rings is 2. The maximum atomic E-state index is 5.99. The summed E-state index contributed by atoms with van der Waals surface area (Å²) >= 11 is 0. The van der Waals surface area contributed by atoms with Crippen molar-refractivity contribution in [3.05, 3.63) is 65.4 Å². The summed E-state index contributed by atoms with van der Waals surface area (Å²) < 4.78 is 11.6. The number of para-hydroxylation sites is 1. The van der Waals surface area contributed by atoms with Crippen LogP contribution in [0.5, 0.6) is 5.75 Å². The summed E-state index contributed by atoms with van der Waals surface area (Å²) in [6, 6.07) is 16.4. The molecule has 0 fully saturated rings. The number of ether oxygens (including phenoxy) is 1. The number of rotatable bonds is 4. The van der Waals surface area contributed by atoms with Crippen molar-refractivity contribution in [3.63, 3.8) is 0 Å². The number of aryl methyl sites for hydroxylation is 2. The summed E-state index contributed by atoms with van der Waals surface area (Å²) in [5.41, 5.74) is 3.32. The fourth-order valence-corrected chi connectivity index (χ4v) is 2.47. The van der Waals surface area contributed by atoms with Gasteiger partial charge in [-0.2, -0.15) is 0 Å². The van der Waals surface area contributed by atoms with Gasteiger partial charge in [0, 0.05) is 10.9 Å². The van der Waals surface area contributed by atoms with E-state index in [4.69, 9.17) is 9.15 Å². The largest absolute Gasteiger partial charge is 0.489 e. The van der Waals surface area contributed by atoms with Gasteiger partial charge in [-0.05, 0) is 37.1 Å². The molecule has 0 saturated carbocycles. The Kier molecular flexibility index (Phi) is 3.46. The molecule has 0 saturated heterocycles. The van der Waals surface area contributed by atoms with E-state index < -0.39 is 0 Å². The van der Waals surface area contributed by atoms with Gasteiger partial charge in [-0.1, -0.05) is 37.3 Å². The van der Waals surface area contributed by atoms with Gasteiger partial charge in [0.15, 0.2) is 0 Å². The minimum absolute atomic E-state index is 0.563. The molecule has 3 aromatic rings. The van der Waals surface area contributed by atoms with Gasteiger partial charge in [-0.15, -0.1) is 0 Å². The van der Waals surface area contributed by atoms with Gasteiger partial charge in [-0.3, -0.25) is 0 Å². The Bertz CT molecular complexity index is 725. The van der Waals surface area contributed by atoms with Crippen molar-refractivity contribution in [1.82, 2.24) is 0 Å². The predicted octanol–water partition coefficient (Wildman–Crippen LogP) is 4.88. The molecule has 0 radical (unpaired) electrons. The second-order valence-electron chi connectivity index (χ2n) is 4.94. The Morgan fingerprint density at radius 1 is 1.00 bits per heavy atom. The van der Waals surface area contributed by atoms with Crippen LogP contribution in [0, 0.1) is 6.92 Å². The Hall–Kier alpha value is -2.22. The lowest BCUT2D eigenvalue weighted by molar-refractivity contribution is 0.304.